The molecule has 0 aromatic heterocycles. The van der Waals surface area contributed by atoms with Gasteiger partial charge < -0.3 is 25.8 Å². The molecule has 0 spiro atoms. The molecule has 48 heavy (non-hydrogen) atoms. The zero-order chi connectivity index (χ0) is 33.7. The Morgan fingerprint density at radius 2 is 1.33 bits per heavy atom. The Morgan fingerprint density at radius 1 is 0.792 bits per heavy atom. The number of piperidine rings is 2. The van der Waals surface area contributed by atoms with Crippen LogP contribution in [0.3, 0.4) is 0 Å². The highest BCUT2D eigenvalue weighted by Gasteiger charge is 2.58. The summed E-state index contributed by atoms with van der Waals surface area (Å²) < 4.78 is 0. The Labute approximate surface area is 289 Å². The monoisotopic (exact) mass is 665 g/mol. The second kappa shape index (κ2) is 16.0. The molecule has 0 aromatic carbocycles. The molecule has 8 atom stereocenters. The fourth-order valence-corrected chi connectivity index (χ4v) is 11.5. The molecule has 0 bridgehead atoms. The number of carbonyl (C=O) groups is 2. The highest BCUT2D eigenvalue weighted by molar-refractivity contribution is 5.87. The van der Waals surface area contributed by atoms with E-state index in [1.54, 1.807) is 0 Å². The maximum atomic E-state index is 13.8. The van der Waals surface area contributed by atoms with Crippen molar-refractivity contribution in [3.63, 3.8) is 0 Å². The molecular formula is C38H64N8O2. The van der Waals surface area contributed by atoms with Gasteiger partial charge in [-0.1, -0.05) is 11.8 Å². The van der Waals surface area contributed by atoms with E-state index in [4.69, 9.17) is 11.3 Å². The Bertz CT molecular complexity index is 1120. The van der Waals surface area contributed by atoms with Crippen LogP contribution in [-0.2, 0) is 9.59 Å². The topological polar surface area (TPSA) is 130 Å². The van der Waals surface area contributed by atoms with E-state index in [0.29, 0.717) is 47.4 Å². The molecule has 3 aliphatic carbocycles. The first kappa shape index (κ1) is 35.3. The minimum atomic E-state index is -0.413. The van der Waals surface area contributed by atoms with Crippen molar-refractivity contribution in [1.82, 2.24) is 20.0 Å². The molecule has 0 radical (unpaired) electrons. The third-order valence-electron chi connectivity index (χ3n) is 13.9. The average molecular weight is 665 g/mol. The van der Waals surface area contributed by atoms with Crippen molar-refractivity contribution in [2.24, 2.45) is 57.0 Å². The Balaban J connectivity index is 1.25. The number of nitrogens with one attached hydrogen (secondary N) is 2. The van der Waals surface area contributed by atoms with Gasteiger partial charge in [-0.25, -0.2) is 0 Å². The average Bonchev–Trinajstić information content (AvgIpc) is 3.51. The number of hydrogen-bond acceptors (Lipinski definition) is 6. The number of carbonyl (C=O) groups excluding carboxylic acids is 2. The summed E-state index contributed by atoms with van der Waals surface area (Å²) in [5, 5.41) is 11.7. The summed E-state index contributed by atoms with van der Waals surface area (Å²) in [7, 11) is 0. The highest BCUT2D eigenvalue weighted by atomic mass is 16.2. The zero-order valence-electron chi connectivity index (χ0n) is 29.8. The summed E-state index contributed by atoms with van der Waals surface area (Å²) in [6.07, 6.45) is 17.9. The van der Waals surface area contributed by atoms with Crippen molar-refractivity contribution in [2.45, 2.75) is 122 Å². The van der Waals surface area contributed by atoms with Gasteiger partial charge >= 0.3 is 0 Å². The fraction of sp³-hybridized carbons (Fsp3) is 0.868. The van der Waals surface area contributed by atoms with Crippen LogP contribution in [-0.4, -0.2) is 84.2 Å². The molecule has 268 valence electrons. The molecule has 3 aliphatic heterocycles. The molecule has 4 N–H and O–H groups in total. The maximum absolute atomic E-state index is 13.8. The summed E-state index contributed by atoms with van der Waals surface area (Å²) in [4.78, 5) is 34.3. The smallest absolute Gasteiger partial charge is 0.225 e. The summed E-state index contributed by atoms with van der Waals surface area (Å²) in [6, 6.07) is 0.543. The third kappa shape index (κ3) is 7.34. The molecule has 6 fully saturated rings. The molecule has 6 rings (SSSR count). The van der Waals surface area contributed by atoms with Gasteiger partial charge in [0.2, 0.25) is 11.8 Å². The van der Waals surface area contributed by atoms with Crippen LogP contribution >= 0.6 is 0 Å². The molecule has 3 saturated carbocycles. The molecule has 10 heteroatoms. The van der Waals surface area contributed by atoms with Gasteiger partial charge in [0, 0.05) is 68.3 Å². The number of nitrogens with zero attached hydrogens (tertiary/aromatic N) is 5. The number of fused-ring (bicyclic) bond motifs is 2. The molecule has 3 heterocycles. The van der Waals surface area contributed by atoms with Gasteiger partial charge in [0.05, 0.1) is 0 Å². The summed E-state index contributed by atoms with van der Waals surface area (Å²) in [5.74, 6) is 2.75. The second-order valence-corrected chi connectivity index (χ2v) is 16.4. The lowest BCUT2D eigenvalue weighted by molar-refractivity contribution is -0.139. The van der Waals surface area contributed by atoms with E-state index in [-0.39, 0.29) is 11.8 Å². The van der Waals surface area contributed by atoms with Gasteiger partial charge in [-0.3, -0.25) is 9.59 Å². The molecule has 2 amide bonds. The predicted molar refractivity (Wildman–Crippen MR) is 190 cm³/mol. The van der Waals surface area contributed by atoms with Crippen LogP contribution in [0.1, 0.15) is 116 Å². The predicted octanol–water partition coefficient (Wildman–Crippen LogP) is 6.14. The quantitative estimate of drug-likeness (QED) is 0.0850. The number of nitrogens with two attached hydrogens (primary N) is 1. The lowest BCUT2D eigenvalue weighted by atomic mass is 9.52. The van der Waals surface area contributed by atoms with E-state index in [1.807, 2.05) is 0 Å². The first-order valence-corrected chi connectivity index (χ1v) is 19.8. The lowest BCUT2D eigenvalue weighted by Gasteiger charge is -2.53. The summed E-state index contributed by atoms with van der Waals surface area (Å²) in [5.41, 5.74) is 15.6. The minimum absolute atomic E-state index is 0.0820. The maximum Gasteiger partial charge on any atom is 0.225 e. The van der Waals surface area contributed by atoms with Crippen LogP contribution in [0.4, 0.5) is 0 Å². The van der Waals surface area contributed by atoms with Crippen molar-refractivity contribution >= 4 is 17.6 Å². The molecular weight excluding hydrogens is 600 g/mol. The Kier molecular flexibility index (Phi) is 11.8. The zero-order valence-corrected chi connectivity index (χ0v) is 29.8. The molecule has 3 saturated heterocycles. The second-order valence-electron chi connectivity index (χ2n) is 16.4. The first-order chi connectivity index (χ1) is 23.3. The van der Waals surface area contributed by atoms with Crippen LogP contribution < -0.4 is 11.1 Å². The van der Waals surface area contributed by atoms with E-state index < -0.39 is 5.41 Å². The highest BCUT2D eigenvalue weighted by Crippen LogP contribution is 2.60. The fourth-order valence-electron chi connectivity index (χ4n) is 11.5. The van der Waals surface area contributed by atoms with E-state index in [9.17, 15) is 9.59 Å². The number of amidine groups is 1. The number of amides is 2. The number of likely N-dealkylation sites (tertiary alicyclic amines) is 3. The first-order valence-electron chi connectivity index (χ1n) is 19.8. The number of rotatable bonds is 10. The van der Waals surface area contributed by atoms with Crippen LogP contribution in [0.25, 0.3) is 0 Å². The van der Waals surface area contributed by atoms with Crippen LogP contribution in [0.15, 0.2) is 22.6 Å². The lowest BCUT2D eigenvalue weighted by Crippen LogP contribution is -2.56. The van der Waals surface area contributed by atoms with Crippen molar-refractivity contribution < 1.29 is 9.59 Å². The van der Waals surface area contributed by atoms with Gasteiger partial charge in [-0.2, -0.15) is 5.53 Å². The van der Waals surface area contributed by atoms with Crippen LogP contribution in [0.2, 0.25) is 0 Å². The van der Waals surface area contributed by atoms with Gasteiger partial charge in [-0.05, 0) is 146 Å². The molecule has 6 aliphatic rings. The van der Waals surface area contributed by atoms with Gasteiger partial charge in [-0.15, -0.1) is 5.10 Å². The van der Waals surface area contributed by atoms with E-state index >= 15 is 0 Å². The van der Waals surface area contributed by atoms with Crippen molar-refractivity contribution in [2.75, 3.05) is 45.8 Å². The van der Waals surface area contributed by atoms with Crippen LogP contribution in [0.5, 0.6) is 0 Å². The Morgan fingerprint density at radius 3 is 1.81 bits per heavy atom. The summed E-state index contributed by atoms with van der Waals surface area (Å²) in [6.45, 7) is 13.0. The SMILES string of the molecule is C=C(CNCCC1(/C(N)=N/N=N)C2CCC(C(=O)N3CCCCC3)CC2CCC2C[C@@H](C(=O)N3CCCCC3)CCC21)N1CCCC1C. The largest absolute Gasteiger partial charge is 0.385 e. The molecule has 0 aromatic rings. The minimum Gasteiger partial charge on any atom is -0.385 e. The normalized spacial score (nSPS) is 36.1. The third-order valence-corrected chi connectivity index (χ3v) is 13.9. The van der Waals surface area contributed by atoms with Crippen molar-refractivity contribution in [1.29, 1.82) is 5.53 Å². The van der Waals surface area contributed by atoms with E-state index in [0.717, 1.165) is 135 Å². The van der Waals surface area contributed by atoms with Gasteiger partial charge in [0.1, 0.15) is 5.84 Å². The van der Waals surface area contributed by atoms with E-state index in [1.165, 1.54) is 25.7 Å². The van der Waals surface area contributed by atoms with Crippen molar-refractivity contribution in [3.8, 4) is 0 Å². The van der Waals surface area contributed by atoms with Gasteiger partial charge in [0.15, 0.2) is 0 Å². The molecule has 10 nitrogen and oxygen atoms in total. The number of hydrogen-bond donors (Lipinski definition) is 3. The molecule has 7 unspecified atom stereocenters. The summed E-state index contributed by atoms with van der Waals surface area (Å²) >= 11 is 0. The van der Waals surface area contributed by atoms with Crippen molar-refractivity contribution in [3.05, 3.63) is 12.3 Å². The van der Waals surface area contributed by atoms with Crippen LogP contribution in [0, 0.1) is 46.5 Å². The van der Waals surface area contributed by atoms with E-state index in [2.05, 4.69) is 43.8 Å². The standard InChI is InChI=1S/C38H64N8O2/c1-27-10-9-23-46(27)28(2)26-41-18-17-38(37(39)42-43-40)33-15-13-31(35(47)44-19-5-3-6-20-44)24-29(33)11-12-30-25-32(14-16-34(30)38)36(48)45-21-7-4-8-22-45/h27,29-34,41H,2-26H2,1H3,(H3,39,40,42)/t27?,29?,30?,31-,32?,33?,34?,38?/m0/s1. The van der Waals surface area contributed by atoms with Gasteiger partial charge in [0.25, 0.3) is 0 Å². The Hall–Kier alpha value is -2.49.